The van der Waals surface area contributed by atoms with Crippen molar-refractivity contribution in [3.63, 3.8) is 0 Å². The summed E-state index contributed by atoms with van der Waals surface area (Å²) in [5, 5.41) is 10.1. The molecule has 0 amide bonds. The number of phenolic OH excluding ortho intramolecular Hbond substituents is 1. The van der Waals surface area contributed by atoms with Crippen LogP contribution in [-0.4, -0.2) is 23.9 Å². The van der Waals surface area contributed by atoms with E-state index in [0.717, 1.165) is 41.3 Å². The maximum absolute atomic E-state index is 13.5. The van der Waals surface area contributed by atoms with Crippen LogP contribution < -0.4 is 0 Å². The van der Waals surface area contributed by atoms with E-state index < -0.39 is 10.0 Å². The minimum Gasteiger partial charge on any atom is -0.508 e. The van der Waals surface area contributed by atoms with Crippen molar-refractivity contribution < 1.29 is 13.5 Å². The summed E-state index contributed by atoms with van der Waals surface area (Å²) < 4.78 is 29.5. The van der Waals surface area contributed by atoms with Gasteiger partial charge in [-0.2, -0.15) is 4.31 Å². The second kappa shape index (κ2) is 7.71. The first-order valence-corrected chi connectivity index (χ1v) is 11.1. The summed E-state index contributed by atoms with van der Waals surface area (Å²) in [6.45, 7) is 3.99. The van der Waals surface area contributed by atoms with E-state index in [2.05, 4.69) is 15.9 Å². The zero-order valence-electron chi connectivity index (χ0n) is 15.1. The minimum absolute atomic E-state index is 0.0242. The lowest BCUT2D eigenvalue weighted by atomic mass is 10.1. The van der Waals surface area contributed by atoms with Crippen LogP contribution in [0.4, 0.5) is 0 Å². The number of phenols is 1. The van der Waals surface area contributed by atoms with Gasteiger partial charge in [0.2, 0.25) is 10.0 Å². The van der Waals surface area contributed by atoms with E-state index in [0.29, 0.717) is 10.5 Å². The average Bonchev–Trinajstić information content (AvgIpc) is 3.12. The summed E-state index contributed by atoms with van der Waals surface area (Å²) in [7, 11) is -3.66. The molecule has 3 rings (SSSR count). The van der Waals surface area contributed by atoms with E-state index in [1.54, 1.807) is 34.6 Å². The fourth-order valence-corrected chi connectivity index (χ4v) is 5.67. The molecule has 0 aromatic heterocycles. The van der Waals surface area contributed by atoms with E-state index in [-0.39, 0.29) is 18.3 Å². The predicted molar refractivity (Wildman–Crippen MR) is 107 cm³/mol. The summed E-state index contributed by atoms with van der Waals surface area (Å²) in [6, 6.07) is 10.4. The Morgan fingerprint density at radius 3 is 2.27 bits per heavy atom. The van der Waals surface area contributed by atoms with Crippen LogP contribution in [-0.2, 0) is 16.6 Å². The SMILES string of the molecule is Cc1cc(S(=O)(=O)N(Cc2ccccc2O)C2CCCC2)cc(C)c1Br. The highest BCUT2D eigenvalue weighted by Crippen LogP contribution is 2.33. The molecule has 0 spiro atoms. The van der Waals surface area contributed by atoms with Gasteiger partial charge in [0.25, 0.3) is 0 Å². The molecule has 1 aliphatic rings. The first kappa shape index (κ1) is 19.4. The van der Waals surface area contributed by atoms with Crippen LogP contribution in [0.1, 0.15) is 42.4 Å². The molecule has 0 heterocycles. The van der Waals surface area contributed by atoms with Gasteiger partial charge < -0.3 is 5.11 Å². The third kappa shape index (κ3) is 3.82. The number of nitrogens with zero attached hydrogens (tertiary/aromatic N) is 1. The standard InChI is InChI=1S/C20H24BrNO3S/c1-14-11-18(12-15(2)20(14)21)26(24,25)22(17-8-4-5-9-17)13-16-7-3-6-10-19(16)23/h3,6-7,10-12,17,23H,4-5,8-9,13H2,1-2H3. The Morgan fingerprint density at radius 1 is 1.12 bits per heavy atom. The highest BCUT2D eigenvalue weighted by molar-refractivity contribution is 9.10. The molecule has 2 aromatic carbocycles. The molecule has 1 N–H and O–H groups in total. The van der Waals surface area contributed by atoms with Crippen molar-refractivity contribution in [2.45, 2.75) is 57.0 Å². The number of hydrogen-bond acceptors (Lipinski definition) is 3. The van der Waals surface area contributed by atoms with Crippen LogP contribution >= 0.6 is 15.9 Å². The van der Waals surface area contributed by atoms with Gasteiger partial charge in [0.1, 0.15) is 5.75 Å². The summed E-state index contributed by atoms with van der Waals surface area (Å²) in [5.74, 6) is 0.133. The second-order valence-corrected chi connectivity index (χ2v) is 9.67. The Hall–Kier alpha value is -1.37. The van der Waals surface area contributed by atoms with Gasteiger partial charge in [-0.05, 0) is 56.0 Å². The highest BCUT2D eigenvalue weighted by atomic mass is 79.9. The van der Waals surface area contributed by atoms with E-state index >= 15 is 0 Å². The van der Waals surface area contributed by atoms with Crippen molar-refractivity contribution in [1.82, 2.24) is 4.31 Å². The van der Waals surface area contributed by atoms with Crippen LogP contribution in [0.2, 0.25) is 0 Å². The molecular formula is C20H24BrNO3S. The molecule has 0 radical (unpaired) electrons. The fraction of sp³-hybridized carbons (Fsp3) is 0.400. The maximum Gasteiger partial charge on any atom is 0.243 e. The molecule has 0 aliphatic heterocycles. The van der Waals surface area contributed by atoms with Gasteiger partial charge in [0.05, 0.1) is 4.90 Å². The minimum atomic E-state index is -3.66. The largest absolute Gasteiger partial charge is 0.508 e. The fourth-order valence-electron chi connectivity index (χ4n) is 3.61. The number of sulfonamides is 1. The molecule has 0 saturated heterocycles. The third-order valence-electron chi connectivity index (χ3n) is 5.07. The number of para-hydroxylation sites is 1. The Balaban J connectivity index is 2.04. The summed E-state index contributed by atoms with van der Waals surface area (Å²) in [6.07, 6.45) is 3.80. The topological polar surface area (TPSA) is 57.6 Å². The van der Waals surface area contributed by atoms with Crippen LogP contribution in [0.5, 0.6) is 5.75 Å². The molecule has 1 saturated carbocycles. The van der Waals surface area contributed by atoms with Gasteiger partial charge in [-0.3, -0.25) is 0 Å². The molecule has 6 heteroatoms. The van der Waals surface area contributed by atoms with Gasteiger partial charge >= 0.3 is 0 Å². The molecule has 140 valence electrons. The molecule has 0 bridgehead atoms. The Morgan fingerprint density at radius 2 is 1.69 bits per heavy atom. The number of aryl methyl sites for hydroxylation is 2. The third-order valence-corrected chi connectivity index (χ3v) is 8.19. The Bertz CT molecular complexity index is 882. The number of rotatable bonds is 5. The van der Waals surface area contributed by atoms with Crippen LogP contribution in [0.15, 0.2) is 45.8 Å². The lowest BCUT2D eigenvalue weighted by Gasteiger charge is -2.29. The Kier molecular flexibility index (Phi) is 5.75. The van der Waals surface area contributed by atoms with Gasteiger partial charge in [0, 0.05) is 22.6 Å². The smallest absolute Gasteiger partial charge is 0.243 e. The van der Waals surface area contributed by atoms with Gasteiger partial charge in [0.15, 0.2) is 0 Å². The quantitative estimate of drug-likeness (QED) is 0.722. The monoisotopic (exact) mass is 437 g/mol. The predicted octanol–water partition coefficient (Wildman–Crippen LogP) is 4.91. The first-order chi connectivity index (χ1) is 12.3. The lowest BCUT2D eigenvalue weighted by Crippen LogP contribution is -2.38. The van der Waals surface area contributed by atoms with Crippen LogP contribution in [0.25, 0.3) is 0 Å². The Labute approximate surface area is 164 Å². The number of hydrogen-bond donors (Lipinski definition) is 1. The summed E-state index contributed by atoms with van der Waals surface area (Å²) in [4.78, 5) is 0.318. The van der Waals surface area contributed by atoms with Crippen molar-refractivity contribution >= 4 is 26.0 Å². The molecule has 0 unspecified atom stereocenters. The average molecular weight is 438 g/mol. The van der Waals surface area contributed by atoms with Gasteiger partial charge in [-0.1, -0.05) is 47.0 Å². The summed E-state index contributed by atoms with van der Waals surface area (Å²) >= 11 is 3.51. The van der Waals surface area contributed by atoms with Crippen molar-refractivity contribution in [2.75, 3.05) is 0 Å². The maximum atomic E-state index is 13.5. The number of aromatic hydroxyl groups is 1. The normalized spacial score (nSPS) is 15.7. The molecule has 0 atom stereocenters. The van der Waals surface area contributed by atoms with E-state index in [1.807, 2.05) is 19.9 Å². The zero-order valence-corrected chi connectivity index (χ0v) is 17.5. The second-order valence-electron chi connectivity index (χ2n) is 6.99. The van der Waals surface area contributed by atoms with Gasteiger partial charge in [-0.15, -0.1) is 0 Å². The lowest BCUT2D eigenvalue weighted by molar-refractivity contribution is 0.311. The van der Waals surface area contributed by atoms with Crippen molar-refractivity contribution in [1.29, 1.82) is 0 Å². The van der Waals surface area contributed by atoms with E-state index in [9.17, 15) is 13.5 Å². The zero-order chi connectivity index (χ0) is 18.9. The van der Waals surface area contributed by atoms with Crippen LogP contribution in [0, 0.1) is 13.8 Å². The van der Waals surface area contributed by atoms with Crippen molar-refractivity contribution in [2.24, 2.45) is 0 Å². The summed E-state index contributed by atoms with van der Waals surface area (Å²) in [5.41, 5.74) is 2.43. The molecule has 4 nitrogen and oxygen atoms in total. The van der Waals surface area contributed by atoms with Gasteiger partial charge in [-0.25, -0.2) is 8.42 Å². The molecule has 1 aliphatic carbocycles. The number of halogens is 1. The van der Waals surface area contributed by atoms with Crippen molar-refractivity contribution in [3.05, 3.63) is 57.6 Å². The van der Waals surface area contributed by atoms with E-state index in [1.165, 1.54) is 0 Å². The first-order valence-electron chi connectivity index (χ1n) is 8.86. The van der Waals surface area contributed by atoms with Crippen molar-refractivity contribution in [3.8, 4) is 5.75 Å². The molecular weight excluding hydrogens is 414 g/mol. The number of benzene rings is 2. The van der Waals surface area contributed by atoms with Crippen LogP contribution in [0.3, 0.4) is 0 Å². The molecule has 1 fully saturated rings. The highest BCUT2D eigenvalue weighted by Gasteiger charge is 2.34. The molecule has 26 heavy (non-hydrogen) atoms. The molecule has 2 aromatic rings. The van der Waals surface area contributed by atoms with E-state index in [4.69, 9.17) is 0 Å².